The SMILES string of the molecule is COc1ccc(C(=O)Nc2ccccc2C(=O)CCCN2CCOCC2)cc1. The summed E-state index contributed by atoms with van der Waals surface area (Å²) in [5.41, 5.74) is 1.60. The maximum atomic E-state index is 12.7. The van der Waals surface area contributed by atoms with Crippen LogP contribution in [-0.4, -0.2) is 56.5 Å². The van der Waals surface area contributed by atoms with Gasteiger partial charge in [-0.2, -0.15) is 0 Å². The number of carbonyl (C=O) groups is 2. The van der Waals surface area contributed by atoms with Gasteiger partial charge in [-0.15, -0.1) is 0 Å². The van der Waals surface area contributed by atoms with E-state index in [4.69, 9.17) is 9.47 Å². The van der Waals surface area contributed by atoms with E-state index in [-0.39, 0.29) is 11.7 Å². The molecular weight excluding hydrogens is 356 g/mol. The van der Waals surface area contributed by atoms with Crippen molar-refractivity contribution in [2.45, 2.75) is 12.8 Å². The number of benzene rings is 2. The number of hydrogen-bond donors (Lipinski definition) is 1. The molecule has 0 saturated carbocycles. The number of ether oxygens (including phenoxy) is 2. The number of nitrogens with one attached hydrogen (secondary N) is 1. The first-order valence-electron chi connectivity index (χ1n) is 9.55. The van der Waals surface area contributed by atoms with Crippen molar-refractivity contribution in [3.8, 4) is 5.75 Å². The maximum Gasteiger partial charge on any atom is 0.255 e. The summed E-state index contributed by atoms with van der Waals surface area (Å²) in [4.78, 5) is 27.5. The molecule has 0 aliphatic carbocycles. The molecule has 2 aromatic rings. The second-order valence-corrected chi connectivity index (χ2v) is 6.71. The van der Waals surface area contributed by atoms with E-state index in [9.17, 15) is 9.59 Å². The lowest BCUT2D eigenvalue weighted by Gasteiger charge is -2.26. The Kier molecular flexibility index (Phi) is 7.17. The van der Waals surface area contributed by atoms with Gasteiger partial charge in [0.25, 0.3) is 5.91 Å². The van der Waals surface area contributed by atoms with Crippen molar-refractivity contribution < 1.29 is 19.1 Å². The fourth-order valence-corrected chi connectivity index (χ4v) is 3.19. The van der Waals surface area contributed by atoms with Crippen molar-refractivity contribution in [3.63, 3.8) is 0 Å². The van der Waals surface area contributed by atoms with Crippen LogP contribution in [0.5, 0.6) is 5.75 Å². The van der Waals surface area contributed by atoms with Crippen LogP contribution >= 0.6 is 0 Å². The monoisotopic (exact) mass is 382 g/mol. The zero-order valence-electron chi connectivity index (χ0n) is 16.1. The predicted octanol–water partition coefficient (Wildman–Crippen LogP) is 3.24. The molecule has 0 spiro atoms. The average Bonchev–Trinajstić information content (AvgIpc) is 2.75. The molecule has 6 heteroatoms. The van der Waals surface area contributed by atoms with E-state index in [0.717, 1.165) is 39.3 Å². The number of anilines is 1. The van der Waals surface area contributed by atoms with Crippen molar-refractivity contribution in [2.24, 2.45) is 0 Å². The minimum absolute atomic E-state index is 0.0406. The van der Waals surface area contributed by atoms with Crippen LogP contribution in [0.4, 0.5) is 5.69 Å². The highest BCUT2D eigenvalue weighted by Gasteiger charge is 2.15. The van der Waals surface area contributed by atoms with Gasteiger partial charge in [0.2, 0.25) is 0 Å². The number of para-hydroxylation sites is 1. The Hall–Kier alpha value is -2.70. The zero-order valence-corrected chi connectivity index (χ0v) is 16.1. The molecule has 0 aromatic heterocycles. The molecule has 0 bridgehead atoms. The molecule has 1 aliphatic rings. The molecule has 0 radical (unpaired) electrons. The number of Topliss-reactive ketones (excluding diaryl/α,β-unsaturated/α-hetero) is 1. The minimum Gasteiger partial charge on any atom is -0.497 e. The van der Waals surface area contributed by atoms with Gasteiger partial charge >= 0.3 is 0 Å². The summed E-state index contributed by atoms with van der Waals surface area (Å²) in [5.74, 6) is 0.475. The summed E-state index contributed by atoms with van der Waals surface area (Å²) < 4.78 is 10.5. The first-order chi connectivity index (χ1) is 13.7. The lowest BCUT2D eigenvalue weighted by Crippen LogP contribution is -2.36. The second-order valence-electron chi connectivity index (χ2n) is 6.71. The van der Waals surface area contributed by atoms with Crippen LogP contribution in [0, 0.1) is 0 Å². The van der Waals surface area contributed by atoms with Crippen LogP contribution in [0.15, 0.2) is 48.5 Å². The van der Waals surface area contributed by atoms with Crippen LogP contribution in [0.1, 0.15) is 33.6 Å². The number of hydrogen-bond acceptors (Lipinski definition) is 5. The summed E-state index contributed by atoms with van der Waals surface area (Å²) >= 11 is 0. The molecule has 1 N–H and O–H groups in total. The Bertz CT molecular complexity index is 798. The van der Waals surface area contributed by atoms with Crippen molar-refractivity contribution in [1.82, 2.24) is 4.90 Å². The van der Waals surface area contributed by atoms with Gasteiger partial charge in [-0.05, 0) is 49.4 Å². The topological polar surface area (TPSA) is 67.9 Å². The van der Waals surface area contributed by atoms with Gasteiger partial charge in [0, 0.05) is 30.6 Å². The molecule has 1 fully saturated rings. The first kappa shape index (κ1) is 20.0. The largest absolute Gasteiger partial charge is 0.497 e. The highest BCUT2D eigenvalue weighted by Crippen LogP contribution is 2.20. The molecule has 3 rings (SSSR count). The third-order valence-electron chi connectivity index (χ3n) is 4.81. The van der Waals surface area contributed by atoms with Gasteiger partial charge < -0.3 is 14.8 Å². The molecule has 2 aromatic carbocycles. The van der Waals surface area contributed by atoms with Gasteiger partial charge in [-0.25, -0.2) is 0 Å². The van der Waals surface area contributed by atoms with Crippen LogP contribution in [0.25, 0.3) is 0 Å². The number of morpholine rings is 1. The van der Waals surface area contributed by atoms with Gasteiger partial charge in [0.05, 0.1) is 26.0 Å². The number of carbonyl (C=O) groups excluding carboxylic acids is 2. The van der Waals surface area contributed by atoms with Gasteiger partial charge in [-0.3, -0.25) is 14.5 Å². The Morgan fingerprint density at radius 1 is 1.07 bits per heavy atom. The molecule has 0 atom stereocenters. The predicted molar refractivity (Wildman–Crippen MR) is 108 cm³/mol. The van der Waals surface area contributed by atoms with E-state index in [1.54, 1.807) is 43.5 Å². The summed E-state index contributed by atoms with van der Waals surface area (Å²) in [6.07, 6.45) is 1.24. The van der Waals surface area contributed by atoms with Crippen molar-refractivity contribution in [1.29, 1.82) is 0 Å². The van der Waals surface area contributed by atoms with Crippen molar-refractivity contribution in [3.05, 3.63) is 59.7 Å². The number of nitrogens with zero attached hydrogens (tertiary/aromatic N) is 1. The standard InChI is InChI=1S/C22H26N2O4/c1-27-18-10-8-17(9-11-18)22(26)23-20-6-3-2-5-19(20)21(25)7-4-12-24-13-15-28-16-14-24/h2-3,5-6,8-11H,4,7,12-16H2,1H3,(H,23,26). The summed E-state index contributed by atoms with van der Waals surface area (Å²) in [6, 6.07) is 14.0. The Morgan fingerprint density at radius 2 is 1.79 bits per heavy atom. The second kappa shape index (κ2) is 10.0. The number of amides is 1. The Balaban J connectivity index is 1.59. The molecular formula is C22H26N2O4. The van der Waals surface area contributed by atoms with E-state index in [1.807, 2.05) is 12.1 Å². The molecule has 28 heavy (non-hydrogen) atoms. The lowest BCUT2D eigenvalue weighted by atomic mass is 10.0. The fraction of sp³-hybridized carbons (Fsp3) is 0.364. The third kappa shape index (κ3) is 5.41. The van der Waals surface area contributed by atoms with Crippen LogP contribution < -0.4 is 10.1 Å². The molecule has 1 amide bonds. The number of rotatable bonds is 8. The molecule has 1 saturated heterocycles. The number of methoxy groups -OCH3 is 1. The summed E-state index contributed by atoms with van der Waals surface area (Å²) in [5, 5.41) is 2.86. The first-order valence-corrected chi connectivity index (χ1v) is 9.55. The Morgan fingerprint density at radius 3 is 2.50 bits per heavy atom. The Labute approximate surface area is 165 Å². The van der Waals surface area contributed by atoms with Crippen molar-refractivity contribution >= 4 is 17.4 Å². The summed E-state index contributed by atoms with van der Waals surface area (Å²) in [7, 11) is 1.58. The normalized spacial score (nSPS) is 14.5. The van der Waals surface area contributed by atoms with E-state index < -0.39 is 0 Å². The van der Waals surface area contributed by atoms with Crippen molar-refractivity contribution in [2.75, 3.05) is 45.3 Å². The molecule has 1 aliphatic heterocycles. The van der Waals surface area contributed by atoms with E-state index in [2.05, 4.69) is 10.2 Å². The molecule has 1 heterocycles. The maximum absolute atomic E-state index is 12.7. The highest BCUT2D eigenvalue weighted by molar-refractivity contribution is 6.09. The van der Waals surface area contributed by atoms with E-state index in [0.29, 0.717) is 29.0 Å². The smallest absolute Gasteiger partial charge is 0.255 e. The van der Waals surface area contributed by atoms with E-state index >= 15 is 0 Å². The van der Waals surface area contributed by atoms with Crippen LogP contribution in [0.2, 0.25) is 0 Å². The number of ketones is 1. The van der Waals surface area contributed by atoms with Gasteiger partial charge in [-0.1, -0.05) is 12.1 Å². The van der Waals surface area contributed by atoms with Gasteiger partial charge in [0.15, 0.2) is 5.78 Å². The summed E-state index contributed by atoms with van der Waals surface area (Å²) in [6.45, 7) is 4.24. The minimum atomic E-state index is -0.254. The molecule has 6 nitrogen and oxygen atoms in total. The van der Waals surface area contributed by atoms with Crippen LogP contribution in [-0.2, 0) is 4.74 Å². The van der Waals surface area contributed by atoms with E-state index in [1.165, 1.54) is 0 Å². The lowest BCUT2D eigenvalue weighted by molar-refractivity contribution is 0.0371. The third-order valence-corrected chi connectivity index (χ3v) is 4.81. The molecule has 148 valence electrons. The zero-order chi connectivity index (χ0) is 19.8. The highest BCUT2D eigenvalue weighted by atomic mass is 16.5. The van der Waals surface area contributed by atoms with Gasteiger partial charge in [0.1, 0.15) is 5.75 Å². The fourth-order valence-electron chi connectivity index (χ4n) is 3.19. The quantitative estimate of drug-likeness (QED) is 0.710. The average molecular weight is 382 g/mol. The van der Waals surface area contributed by atoms with Crippen LogP contribution in [0.3, 0.4) is 0 Å². The molecule has 0 unspecified atom stereocenters.